The third-order valence-electron chi connectivity index (χ3n) is 0. The molecule has 8 heteroatoms. The average Bonchev–Trinajstić information content (AvgIpc) is 0.722. The Bertz CT molecular complexity index is 104. The molecule has 0 aliphatic carbocycles. The molecule has 0 aliphatic heterocycles. The first-order valence-electron chi connectivity index (χ1n) is 0.698. The van der Waals surface area contributed by atoms with Crippen molar-refractivity contribution in [1.29, 1.82) is 0 Å². The minimum Gasteiger partial charge on any atom is -1.00 e. The molecule has 0 aromatic rings. The average molecular weight is 267 g/mol. The molecule has 0 heterocycles. The van der Waals surface area contributed by atoms with Gasteiger partial charge in [0.2, 0.25) is 0 Å². The van der Waals surface area contributed by atoms with Crippen LogP contribution in [0.15, 0.2) is 0 Å². The van der Waals surface area contributed by atoms with Gasteiger partial charge < -0.3 is 2.85 Å². The zero-order valence-corrected chi connectivity index (χ0v) is 8.34. The Hall–Kier alpha value is 2.17. The van der Waals surface area contributed by atoms with Crippen molar-refractivity contribution in [2.75, 3.05) is 0 Å². The Balaban J connectivity index is -0.00000000800. The second-order valence-corrected chi connectivity index (χ2v) is 1.34. The molecule has 2 N–H and O–H groups in total. The van der Waals surface area contributed by atoms with Crippen molar-refractivity contribution in [3.05, 3.63) is 0 Å². The molecule has 0 bridgehead atoms. The normalized spacial score (nSPS) is 7.25. The molecule has 0 amide bonds. The van der Waals surface area contributed by atoms with Crippen LogP contribution in [0.2, 0.25) is 0 Å². The predicted octanol–water partition coefficient (Wildman–Crippen LogP) is -0.814. The fraction of sp³-hybridized carbons (Fsp3) is 0. The molecule has 0 saturated heterocycles. The van der Waals surface area contributed by atoms with Crippen LogP contribution in [0.25, 0.3) is 0 Å². The summed E-state index contributed by atoms with van der Waals surface area (Å²) in [4.78, 5) is 0. The van der Waals surface area contributed by atoms with Gasteiger partial charge in [-0.25, -0.2) is 0 Å². The predicted molar refractivity (Wildman–Crippen MR) is 22.2 cm³/mol. The molecular weight excluding hydrogens is 263 g/mol. The smallest absolute Gasteiger partial charge is 1.00 e. The Labute approximate surface area is 101 Å². The summed E-state index contributed by atoms with van der Waals surface area (Å²) in [5.74, 6) is 0. The summed E-state index contributed by atoms with van der Waals surface area (Å²) in [5, 5.41) is 0. The van der Waals surface area contributed by atoms with Crippen molar-refractivity contribution in [2.45, 2.75) is 0 Å². The van der Waals surface area contributed by atoms with Gasteiger partial charge in [0.15, 0.2) is 0 Å². The Morgan fingerprint density at radius 2 is 1.12 bits per heavy atom. The van der Waals surface area contributed by atoms with E-state index in [2.05, 4.69) is 0 Å². The van der Waals surface area contributed by atoms with Crippen molar-refractivity contribution in [3.63, 3.8) is 0 Å². The number of rotatable bonds is 0. The molecule has 0 saturated carbocycles. The summed E-state index contributed by atoms with van der Waals surface area (Å²) in [6.07, 6.45) is 0. The zero-order chi connectivity index (χ0) is 4.50. The second kappa shape index (κ2) is 9.17. The van der Waals surface area contributed by atoms with E-state index in [9.17, 15) is 0 Å². The molecule has 0 aromatic heterocycles. The van der Waals surface area contributed by atoms with E-state index < -0.39 is 10.4 Å². The van der Waals surface area contributed by atoms with Gasteiger partial charge in [0, 0.05) is 34.1 Å². The molecule has 8 heavy (non-hydrogen) atoms. The maximum atomic E-state index is 8.74. The van der Waals surface area contributed by atoms with Crippen LogP contribution in [0.5, 0.6) is 0 Å². The van der Waals surface area contributed by atoms with Gasteiger partial charge in [-0.1, -0.05) is 0 Å². The largest absolute Gasteiger partial charge is 2.00 e. The minimum atomic E-state index is -4.67. The summed E-state index contributed by atoms with van der Waals surface area (Å²) in [6.45, 7) is 0. The van der Waals surface area contributed by atoms with Crippen molar-refractivity contribution < 1.29 is 54.5 Å². The van der Waals surface area contributed by atoms with E-state index in [4.69, 9.17) is 17.5 Å². The summed E-state index contributed by atoms with van der Waals surface area (Å²) in [6, 6.07) is 0. The molecular formula is H4CaCu2O4S. The Kier molecular flexibility index (Phi) is 25.7. The van der Waals surface area contributed by atoms with Crippen molar-refractivity contribution in [1.82, 2.24) is 0 Å². The van der Waals surface area contributed by atoms with Gasteiger partial charge in [0.05, 0.1) is 0 Å². The van der Waals surface area contributed by atoms with E-state index in [-0.39, 0.29) is 74.7 Å². The van der Waals surface area contributed by atoms with E-state index >= 15 is 0 Å². The molecule has 0 atom stereocenters. The van der Waals surface area contributed by atoms with Crippen LogP contribution in [0.3, 0.4) is 0 Å². The summed E-state index contributed by atoms with van der Waals surface area (Å²) in [5.41, 5.74) is 0. The van der Waals surface area contributed by atoms with Crippen LogP contribution in [0.1, 0.15) is 2.85 Å². The molecule has 2 radical (unpaired) electrons. The standard InChI is InChI=1S/Ca.2Cu.H2O4S.2H/c;;;1-5(2,3)4;;/h;;;(H2,1,2,3,4);;/q+2;;;;2*-1. The van der Waals surface area contributed by atoms with E-state index in [0.717, 1.165) is 0 Å². The fourth-order valence-electron chi connectivity index (χ4n) is 0. The quantitative estimate of drug-likeness (QED) is 0.444. The minimum absolute atomic E-state index is 0. The van der Waals surface area contributed by atoms with Crippen molar-refractivity contribution >= 4 is 48.1 Å². The van der Waals surface area contributed by atoms with E-state index in [1.54, 1.807) is 0 Å². The van der Waals surface area contributed by atoms with Crippen molar-refractivity contribution in [3.8, 4) is 0 Å². The maximum Gasteiger partial charge on any atom is 2.00 e. The molecule has 0 rings (SSSR count). The number of hydrogen-bond acceptors (Lipinski definition) is 2. The summed E-state index contributed by atoms with van der Waals surface area (Å²) in [7, 11) is -4.67. The summed E-state index contributed by atoms with van der Waals surface area (Å²) < 4.78 is 31.6. The van der Waals surface area contributed by atoms with Gasteiger partial charge in [-0.2, -0.15) is 8.42 Å². The third kappa shape index (κ3) is 89.3. The molecule has 4 nitrogen and oxygen atoms in total. The van der Waals surface area contributed by atoms with E-state index in [0.29, 0.717) is 0 Å². The third-order valence-corrected chi connectivity index (χ3v) is 0. The molecule has 0 unspecified atom stereocenters. The molecule has 0 fully saturated rings. The summed E-state index contributed by atoms with van der Waals surface area (Å²) >= 11 is 0. The van der Waals surface area contributed by atoms with Gasteiger partial charge in [-0.05, 0) is 0 Å². The van der Waals surface area contributed by atoms with Crippen LogP contribution in [-0.4, -0.2) is 55.3 Å². The van der Waals surface area contributed by atoms with Crippen molar-refractivity contribution in [2.24, 2.45) is 0 Å². The van der Waals surface area contributed by atoms with Gasteiger partial charge in [0.1, 0.15) is 0 Å². The first-order valence-corrected chi connectivity index (χ1v) is 2.10. The second-order valence-electron chi connectivity index (χ2n) is 0.448. The molecule has 0 spiro atoms. The Morgan fingerprint density at radius 1 is 1.12 bits per heavy atom. The van der Waals surface area contributed by atoms with Crippen LogP contribution >= 0.6 is 0 Å². The maximum absolute atomic E-state index is 8.74. The monoisotopic (exact) mass is 266 g/mol. The van der Waals surface area contributed by atoms with Gasteiger partial charge in [0.25, 0.3) is 0 Å². The fourth-order valence-corrected chi connectivity index (χ4v) is 0. The van der Waals surface area contributed by atoms with Crippen LogP contribution in [0, 0.1) is 0 Å². The van der Waals surface area contributed by atoms with Gasteiger partial charge >= 0.3 is 48.1 Å². The first-order chi connectivity index (χ1) is 2.00. The SMILES string of the molecule is O=S(=O)(O)O.[Ca+2].[Cu].[Cu].[H-].[H-]. The van der Waals surface area contributed by atoms with Crippen LogP contribution in [-0.2, 0) is 44.5 Å². The van der Waals surface area contributed by atoms with E-state index in [1.165, 1.54) is 0 Å². The topological polar surface area (TPSA) is 74.6 Å². The molecule has 58 valence electrons. The Morgan fingerprint density at radius 3 is 1.12 bits per heavy atom. The van der Waals surface area contributed by atoms with Crippen LogP contribution in [0.4, 0.5) is 0 Å². The van der Waals surface area contributed by atoms with Crippen LogP contribution < -0.4 is 0 Å². The number of hydrogen-bond donors (Lipinski definition) is 2. The first kappa shape index (κ1) is 22.5. The van der Waals surface area contributed by atoms with E-state index in [1.807, 2.05) is 0 Å². The molecule has 0 aromatic carbocycles. The van der Waals surface area contributed by atoms with Gasteiger partial charge in [-0.3, -0.25) is 9.11 Å². The zero-order valence-electron chi connectivity index (χ0n) is 5.43. The molecule has 0 aliphatic rings. The van der Waals surface area contributed by atoms with Gasteiger partial charge in [-0.15, -0.1) is 0 Å².